The first-order valence-electron chi connectivity index (χ1n) is 5.29. The number of hydrogen-bond donors (Lipinski definition) is 2. The van der Waals surface area contributed by atoms with Gasteiger partial charge < -0.3 is 9.84 Å². The van der Waals surface area contributed by atoms with Crippen LogP contribution >= 0.6 is 15.9 Å². The first-order chi connectivity index (χ1) is 7.75. The summed E-state index contributed by atoms with van der Waals surface area (Å²) in [5.41, 5.74) is 4.47. The monoisotopic (exact) mass is 286 g/mol. The number of hydrazine groups is 1. The molecule has 16 heavy (non-hydrogen) atoms. The molecule has 2 N–H and O–H groups in total. The lowest BCUT2D eigenvalue weighted by Crippen LogP contribution is -2.45. The van der Waals surface area contributed by atoms with Crippen molar-refractivity contribution >= 4 is 15.9 Å². The molecule has 88 valence electrons. The van der Waals surface area contributed by atoms with Crippen molar-refractivity contribution in [1.29, 1.82) is 0 Å². The van der Waals surface area contributed by atoms with Crippen molar-refractivity contribution < 1.29 is 9.84 Å². The predicted molar refractivity (Wildman–Crippen MR) is 65.0 cm³/mol. The predicted octanol–water partition coefficient (Wildman–Crippen LogP) is 1.49. The smallest absolute Gasteiger partial charge is 0.129 e. The molecule has 1 aromatic carbocycles. The van der Waals surface area contributed by atoms with Gasteiger partial charge in [0.15, 0.2) is 0 Å². The van der Waals surface area contributed by atoms with Gasteiger partial charge in [-0.3, -0.25) is 5.43 Å². The summed E-state index contributed by atoms with van der Waals surface area (Å²) >= 11 is 3.30. The van der Waals surface area contributed by atoms with E-state index in [1.165, 1.54) is 0 Å². The van der Waals surface area contributed by atoms with E-state index < -0.39 is 0 Å². The van der Waals surface area contributed by atoms with Crippen LogP contribution < -0.4 is 5.43 Å². The fraction of sp³-hybridized carbons (Fsp3) is 0.455. The Kier molecular flexibility index (Phi) is 4.17. The van der Waals surface area contributed by atoms with Gasteiger partial charge in [0.2, 0.25) is 0 Å². The lowest BCUT2D eigenvalue weighted by Gasteiger charge is -2.27. The maximum atomic E-state index is 9.37. The van der Waals surface area contributed by atoms with E-state index >= 15 is 0 Å². The molecule has 1 aliphatic heterocycles. The number of ether oxygens (including phenoxy) is 1. The molecule has 0 amide bonds. The average molecular weight is 287 g/mol. The highest BCUT2D eigenvalue weighted by atomic mass is 79.9. The van der Waals surface area contributed by atoms with Gasteiger partial charge in [-0.15, -0.1) is 0 Å². The lowest BCUT2D eigenvalue weighted by molar-refractivity contribution is 0.0106. The zero-order valence-electron chi connectivity index (χ0n) is 8.95. The number of nitrogens with zero attached hydrogens (tertiary/aromatic N) is 1. The first-order valence-corrected chi connectivity index (χ1v) is 6.08. The fourth-order valence-electron chi connectivity index (χ4n) is 1.58. The van der Waals surface area contributed by atoms with E-state index in [1.54, 1.807) is 6.07 Å². The van der Waals surface area contributed by atoms with Gasteiger partial charge in [0.1, 0.15) is 5.75 Å². The van der Waals surface area contributed by atoms with Crippen LogP contribution in [0.25, 0.3) is 0 Å². The number of rotatable bonds is 3. The topological polar surface area (TPSA) is 44.7 Å². The molecular formula is C11H15BrN2O2. The molecule has 1 aliphatic rings. The number of phenols is 1. The third-order valence-corrected chi connectivity index (χ3v) is 3.17. The number of hydrogen-bond acceptors (Lipinski definition) is 4. The highest BCUT2D eigenvalue weighted by Gasteiger charge is 2.09. The quantitative estimate of drug-likeness (QED) is 0.884. The van der Waals surface area contributed by atoms with Gasteiger partial charge in [0, 0.05) is 19.6 Å². The van der Waals surface area contributed by atoms with Crippen LogP contribution in [0.1, 0.15) is 5.56 Å². The Bertz CT molecular complexity index is 354. The van der Waals surface area contributed by atoms with Crippen molar-refractivity contribution in [3.05, 3.63) is 28.2 Å². The lowest BCUT2D eigenvalue weighted by atomic mass is 10.2. The third-order valence-electron chi connectivity index (χ3n) is 2.53. The summed E-state index contributed by atoms with van der Waals surface area (Å²) in [7, 11) is 0. The summed E-state index contributed by atoms with van der Waals surface area (Å²) in [4.78, 5) is 0. The highest BCUT2D eigenvalue weighted by molar-refractivity contribution is 9.10. The van der Waals surface area contributed by atoms with Crippen molar-refractivity contribution in [3.8, 4) is 5.75 Å². The van der Waals surface area contributed by atoms with Gasteiger partial charge in [0.05, 0.1) is 17.7 Å². The van der Waals surface area contributed by atoms with Crippen molar-refractivity contribution in [1.82, 2.24) is 10.4 Å². The van der Waals surface area contributed by atoms with Crippen LogP contribution in [0.5, 0.6) is 5.75 Å². The molecule has 5 heteroatoms. The van der Waals surface area contributed by atoms with E-state index in [1.807, 2.05) is 12.1 Å². The van der Waals surface area contributed by atoms with Gasteiger partial charge in [-0.05, 0) is 33.6 Å². The van der Waals surface area contributed by atoms with Gasteiger partial charge in [0.25, 0.3) is 0 Å². The van der Waals surface area contributed by atoms with Crippen LogP contribution in [0.15, 0.2) is 22.7 Å². The highest BCUT2D eigenvalue weighted by Crippen LogP contribution is 2.24. The van der Waals surface area contributed by atoms with Gasteiger partial charge in [-0.2, -0.15) is 0 Å². The van der Waals surface area contributed by atoms with Gasteiger partial charge in [-0.1, -0.05) is 6.07 Å². The average Bonchev–Trinajstić information content (AvgIpc) is 2.32. The largest absolute Gasteiger partial charge is 0.507 e. The Morgan fingerprint density at radius 1 is 1.38 bits per heavy atom. The molecule has 0 spiro atoms. The standard InChI is InChI=1S/C11H15BrN2O2/c12-10-7-9(1-2-11(10)15)8-13-14-3-5-16-6-4-14/h1-2,7,13,15H,3-6,8H2. The van der Waals surface area contributed by atoms with E-state index in [-0.39, 0.29) is 5.75 Å². The van der Waals surface area contributed by atoms with Crippen LogP contribution in [0.2, 0.25) is 0 Å². The number of halogens is 1. The maximum absolute atomic E-state index is 9.37. The third kappa shape index (κ3) is 3.18. The van der Waals surface area contributed by atoms with Crippen LogP contribution in [0.4, 0.5) is 0 Å². The summed E-state index contributed by atoms with van der Waals surface area (Å²) in [6, 6.07) is 5.52. The molecule has 0 aromatic heterocycles. The minimum absolute atomic E-state index is 0.273. The van der Waals surface area contributed by atoms with Gasteiger partial charge in [-0.25, -0.2) is 5.01 Å². The Morgan fingerprint density at radius 3 is 2.81 bits per heavy atom. The molecule has 1 heterocycles. The van der Waals surface area contributed by atoms with Crippen LogP contribution in [0.3, 0.4) is 0 Å². The van der Waals surface area contributed by atoms with E-state index in [0.717, 1.165) is 42.9 Å². The van der Waals surface area contributed by atoms with Crippen molar-refractivity contribution in [2.24, 2.45) is 0 Å². The Morgan fingerprint density at radius 2 is 2.12 bits per heavy atom. The molecule has 0 unspecified atom stereocenters. The summed E-state index contributed by atoms with van der Waals surface area (Å²) in [6.45, 7) is 4.16. The Labute approximate surface area is 103 Å². The first kappa shape index (κ1) is 11.9. The van der Waals surface area contributed by atoms with Gasteiger partial charge >= 0.3 is 0 Å². The normalized spacial score (nSPS) is 17.6. The second-order valence-electron chi connectivity index (χ2n) is 3.72. The Hall–Kier alpha value is -0.620. The molecule has 1 aromatic rings. The van der Waals surface area contributed by atoms with E-state index in [4.69, 9.17) is 4.74 Å². The number of aromatic hydroxyl groups is 1. The minimum atomic E-state index is 0.273. The van der Waals surface area contributed by atoms with E-state index in [0.29, 0.717) is 0 Å². The zero-order valence-corrected chi connectivity index (χ0v) is 10.5. The van der Waals surface area contributed by atoms with Crippen LogP contribution in [-0.2, 0) is 11.3 Å². The zero-order chi connectivity index (χ0) is 11.4. The molecule has 0 saturated carbocycles. The second kappa shape index (κ2) is 5.63. The number of nitrogens with one attached hydrogen (secondary N) is 1. The second-order valence-corrected chi connectivity index (χ2v) is 4.57. The molecule has 2 rings (SSSR count). The molecule has 1 fully saturated rings. The van der Waals surface area contributed by atoms with Crippen molar-refractivity contribution in [3.63, 3.8) is 0 Å². The maximum Gasteiger partial charge on any atom is 0.129 e. The van der Waals surface area contributed by atoms with Crippen LogP contribution in [0, 0.1) is 0 Å². The number of morpholine rings is 1. The SMILES string of the molecule is Oc1ccc(CNN2CCOCC2)cc1Br. The van der Waals surface area contributed by atoms with E-state index in [2.05, 4.69) is 26.4 Å². The molecule has 0 bridgehead atoms. The summed E-state index contributed by atoms with van der Waals surface area (Å²) in [6.07, 6.45) is 0. The van der Waals surface area contributed by atoms with Crippen LogP contribution in [-0.4, -0.2) is 36.4 Å². The van der Waals surface area contributed by atoms with Crippen molar-refractivity contribution in [2.75, 3.05) is 26.3 Å². The molecule has 0 radical (unpaired) electrons. The van der Waals surface area contributed by atoms with E-state index in [9.17, 15) is 5.11 Å². The summed E-state index contributed by atoms with van der Waals surface area (Å²) < 4.78 is 5.99. The number of benzene rings is 1. The summed E-state index contributed by atoms with van der Waals surface area (Å²) in [5.74, 6) is 0.273. The number of phenolic OH excluding ortho intramolecular Hbond substituents is 1. The molecular weight excluding hydrogens is 272 g/mol. The van der Waals surface area contributed by atoms with Crippen molar-refractivity contribution in [2.45, 2.75) is 6.54 Å². The Balaban J connectivity index is 1.86. The molecule has 4 nitrogen and oxygen atoms in total. The molecule has 0 aliphatic carbocycles. The minimum Gasteiger partial charge on any atom is -0.507 e. The molecule has 1 saturated heterocycles. The summed E-state index contributed by atoms with van der Waals surface area (Å²) in [5, 5.41) is 11.5. The fourth-order valence-corrected chi connectivity index (χ4v) is 2.01. The molecule has 0 atom stereocenters.